The van der Waals surface area contributed by atoms with E-state index in [2.05, 4.69) is 41.6 Å². The van der Waals surface area contributed by atoms with Gasteiger partial charge in [0.15, 0.2) is 0 Å². The molecule has 212 valence electrons. The van der Waals surface area contributed by atoms with E-state index < -0.39 is 6.03 Å². The van der Waals surface area contributed by atoms with E-state index in [0.29, 0.717) is 41.5 Å². The summed E-state index contributed by atoms with van der Waals surface area (Å²) >= 11 is 0. The number of aliphatic hydroxyl groups excluding tert-OH is 1. The number of carbonyl (C=O) groups is 2. The van der Waals surface area contributed by atoms with Crippen LogP contribution in [0.4, 0.5) is 16.2 Å². The third kappa shape index (κ3) is 7.31. The van der Waals surface area contributed by atoms with Crippen LogP contribution in [-0.2, 0) is 6.54 Å². The highest BCUT2D eigenvalue weighted by atomic mass is 16.5. The van der Waals surface area contributed by atoms with Gasteiger partial charge >= 0.3 is 6.03 Å². The lowest BCUT2D eigenvalue weighted by Gasteiger charge is -2.38. The predicted octanol–water partition coefficient (Wildman–Crippen LogP) is 4.69. The lowest BCUT2D eigenvalue weighted by molar-refractivity contribution is 0.0341. The van der Waals surface area contributed by atoms with Crippen LogP contribution >= 0.6 is 0 Å². The molecule has 0 unspecified atom stereocenters. The third-order valence-electron chi connectivity index (χ3n) is 7.06. The molecule has 3 atom stereocenters. The molecule has 3 aromatic rings. The van der Waals surface area contributed by atoms with Crippen molar-refractivity contribution in [2.75, 3.05) is 44.5 Å². The van der Waals surface area contributed by atoms with Gasteiger partial charge < -0.3 is 30.1 Å². The Labute approximate surface area is 235 Å². The van der Waals surface area contributed by atoms with Crippen molar-refractivity contribution in [3.05, 3.63) is 83.9 Å². The van der Waals surface area contributed by atoms with Crippen LogP contribution in [0.25, 0.3) is 0 Å². The highest BCUT2D eigenvalue weighted by Crippen LogP contribution is 2.31. The maximum atomic E-state index is 13.7. The van der Waals surface area contributed by atoms with E-state index in [4.69, 9.17) is 9.47 Å². The molecule has 0 spiro atoms. The maximum absolute atomic E-state index is 13.7. The van der Waals surface area contributed by atoms with Crippen molar-refractivity contribution in [2.45, 2.75) is 32.5 Å². The Morgan fingerprint density at radius 2 is 1.77 bits per heavy atom. The topological polar surface area (TPSA) is 103 Å². The molecule has 1 heterocycles. The van der Waals surface area contributed by atoms with Crippen LogP contribution < -0.4 is 20.1 Å². The predicted molar refractivity (Wildman–Crippen MR) is 156 cm³/mol. The fourth-order valence-electron chi connectivity index (χ4n) is 4.75. The van der Waals surface area contributed by atoms with Gasteiger partial charge in [0.05, 0.1) is 25.3 Å². The summed E-state index contributed by atoms with van der Waals surface area (Å²) in [5, 5.41) is 15.5. The molecular weight excluding hydrogens is 508 g/mol. The van der Waals surface area contributed by atoms with Crippen LogP contribution in [0.2, 0.25) is 0 Å². The summed E-state index contributed by atoms with van der Waals surface area (Å²) in [6, 6.07) is 21.5. The van der Waals surface area contributed by atoms with E-state index >= 15 is 0 Å². The van der Waals surface area contributed by atoms with Gasteiger partial charge in [-0.15, -0.1) is 0 Å². The van der Waals surface area contributed by atoms with Crippen LogP contribution in [0, 0.1) is 5.92 Å². The third-order valence-corrected chi connectivity index (χ3v) is 7.06. The summed E-state index contributed by atoms with van der Waals surface area (Å²) in [5.74, 6) is 0.897. The van der Waals surface area contributed by atoms with Crippen molar-refractivity contribution in [2.24, 2.45) is 5.92 Å². The molecule has 1 aliphatic heterocycles. The van der Waals surface area contributed by atoms with Crippen LogP contribution in [0.15, 0.2) is 72.8 Å². The van der Waals surface area contributed by atoms with Crippen molar-refractivity contribution in [1.29, 1.82) is 0 Å². The monoisotopic (exact) mass is 546 g/mol. The Bertz CT molecular complexity index is 1280. The van der Waals surface area contributed by atoms with Gasteiger partial charge in [-0.05, 0) is 62.0 Å². The number of fused-ring (bicyclic) bond motifs is 1. The number of hydrogen-bond donors (Lipinski definition) is 3. The van der Waals surface area contributed by atoms with Gasteiger partial charge in [-0.25, -0.2) is 4.79 Å². The lowest BCUT2D eigenvalue weighted by Crippen LogP contribution is -2.49. The number of nitrogens with zero attached hydrogens (tertiary/aromatic N) is 2. The summed E-state index contributed by atoms with van der Waals surface area (Å²) in [4.78, 5) is 30.3. The molecule has 0 saturated heterocycles. The first-order chi connectivity index (χ1) is 19.3. The number of urea groups is 1. The largest absolute Gasteiger partial charge is 0.497 e. The molecule has 9 heteroatoms. The van der Waals surface area contributed by atoms with Gasteiger partial charge in [-0.3, -0.25) is 9.69 Å². The minimum Gasteiger partial charge on any atom is -0.497 e. The maximum Gasteiger partial charge on any atom is 0.323 e. The second kappa shape index (κ2) is 13.3. The summed E-state index contributed by atoms with van der Waals surface area (Å²) in [6.45, 7) is 5.58. The molecule has 9 nitrogen and oxygen atoms in total. The van der Waals surface area contributed by atoms with E-state index in [-0.39, 0.29) is 30.6 Å². The van der Waals surface area contributed by atoms with Crippen LogP contribution in [0.1, 0.15) is 29.8 Å². The minimum atomic E-state index is -0.445. The zero-order valence-corrected chi connectivity index (χ0v) is 23.5. The number of rotatable bonds is 9. The summed E-state index contributed by atoms with van der Waals surface area (Å²) in [6.07, 6.45) is -0.203. The number of methoxy groups -OCH3 is 1. The second-order valence-corrected chi connectivity index (χ2v) is 10.3. The Balaban J connectivity index is 1.54. The molecule has 1 aliphatic rings. The highest BCUT2D eigenvalue weighted by molar-refractivity contribution is 6.02. The van der Waals surface area contributed by atoms with Crippen LogP contribution in [0.3, 0.4) is 0 Å². The number of likely N-dealkylation sites (N-methyl/N-ethyl adjacent to an activating group) is 1. The van der Waals surface area contributed by atoms with E-state index in [9.17, 15) is 14.7 Å². The lowest BCUT2D eigenvalue weighted by atomic mass is 9.99. The summed E-state index contributed by atoms with van der Waals surface area (Å²) < 4.78 is 11.6. The molecule has 40 heavy (non-hydrogen) atoms. The number of nitrogens with one attached hydrogen (secondary N) is 2. The number of anilines is 2. The molecule has 3 amide bonds. The highest BCUT2D eigenvalue weighted by Gasteiger charge is 2.33. The molecule has 0 aromatic heterocycles. The number of amides is 3. The van der Waals surface area contributed by atoms with Crippen LogP contribution in [0.5, 0.6) is 11.5 Å². The molecule has 0 aliphatic carbocycles. The molecule has 3 aromatic carbocycles. The van der Waals surface area contributed by atoms with Crippen LogP contribution in [-0.4, -0.2) is 72.8 Å². The number of carbonyl (C=O) groups excluding carboxylic acids is 2. The van der Waals surface area contributed by atoms with Crippen molar-refractivity contribution in [1.82, 2.24) is 9.80 Å². The molecular formula is C31H38N4O5. The molecule has 0 fully saturated rings. The van der Waals surface area contributed by atoms with Gasteiger partial charge in [-0.1, -0.05) is 37.3 Å². The summed E-state index contributed by atoms with van der Waals surface area (Å²) in [5.41, 5.74) is 2.59. The smallest absolute Gasteiger partial charge is 0.323 e. The van der Waals surface area contributed by atoms with Crippen molar-refractivity contribution in [3.8, 4) is 11.5 Å². The average molecular weight is 547 g/mol. The van der Waals surface area contributed by atoms with E-state index in [1.165, 1.54) is 5.56 Å². The number of aliphatic hydroxyl groups is 1. The van der Waals surface area contributed by atoms with Crippen molar-refractivity contribution >= 4 is 23.3 Å². The van der Waals surface area contributed by atoms with Gasteiger partial charge in [0.1, 0.15) is 17.6 Å². The van der Waals surface area contributed by atoms with Gasteiger partial charge in [-0.2, -0.15) is 0 Å². The molecule has 0 radical (unpaired) electrons. The Morgan fingerprint density at radius 1 is 1.10 bits per heavy atom. The van der Waals surface area contributed by atoms with E-state index in [1.807, 2.05) is 25.1 Å². The average Bonchev–Trinajstić information content (AvgIpc) is 2.95. The quantitative estimate of drug-likeness (QED) is 0.360. The standard InChI is InChI=1S/C31H38N4O5/c1-21-17-35(22(2)20-36)30(37)27-16-25(33-31(38)32-24-10-13-26(39-4)14-11-24)12-15-28(27)40-29(21)19-34(3)18-23-8-6-5-7-9-23/h5-16,21-22,29,36H,17-20H2,1-4H3,(H2,32,33,38)/t21-,22-,29-/m0/s1. The zero-order chi connectivity index (χ0) is 28.6. The fraction of sp³-hybridized carbons (Fsp3) is 0.355. The Hall–Kier alpha value is -4.08. The van der Waals surface area contributed by atoms with Gasteiger partial charge in [0.25, 0.3) is 5.91 Å². The fourth-order valence-corrected chi connectivity index (χ4v) is 4.75. The molecule has 4 rings (SSSR count). The summed E-state index contributed by atoms with van der Waals surface area (Å²) in [7, 11) is 3.63. The van der Waals surface area contributed by atoms with Gasteiger partial charge in [0, 0.05) is 36.9 Å². The Kier molecular flexibility index (Phi) is 9.63. The second-order valence-electron chi connectivity index (χ2n) is 10.3. The Morgan fingerprint density at radius 3 is 2.45 bits per heavy atom. The molecule has 3 N–H and O–H groups in total. The van der Waals surface area contributed by atoms with E-state index in [1.54, 1.807) is 54.5 Å². The number of benzene rings is 3. The van der Waals surface area contributed by atoms with Crippen molar-refractivity contribution in [3.63, 3.8) is 0 Å². The van der Waals surface area contributed by atoms with Crippen molar-refractivity contribution < 1.29 is 24.2 Å². The zero-order valence-electron chi connectivity index (χ0n) is 23.5. The van der Waals surface area contributed by atoms with E-state index in [0.717, 1.165) is 6.54 Å². The number of ether oxygens (including phenoxy) is 2. The first-order valence-corrected chi connectivity index (χ1v) is 13.4. The minimum absolute atomic E-state index is 0.0115. The first kappa shape index (κ1) is 28.9. The SMILES string of the molecule is COc1ccc(NC(=O)Nc2ccc3c(c2)C(=O)N([C@@H](C)CO)C[C@H](C)[C@H](CN(C)Cc2ccccc2)O3)cc1. The first-order valence-electron chi connectivity index (χ1n) is 13.4. The molecule has 0 bridgehead atoms. The van der Waals surface area contributed by atoms with Gasteiger partial charge in [0.2, 0.25) is 0 Å². The molecule has 0 saturated carbocycles. The number of hydrogen-bond acceptors (Lipinski definition) is 6. The normalized spacial score (nSPS) is 17.8.